The van der Waals surface area contributed by atoms with Crippen LogP contribution in [0.2, 0.25) is 0 Å². The Kier molecular flexibility index (Phi) is 8.62. The van der Waals surface area contributed by atoms with Gasteiger partial charge in [-0.2, -0.15) is 0 Å². The van der Waals surface area contributed by atoms with Gasteiger partial charge in [-0.05, 0) is 60.3 Å². The monoisotopic (exact) mass is 271 g/mol. The van der Waals surface area contributed by atoms with Crippen LogP contribution >= 0.6 is 0 Å². The maximum absolute atomic E-state index is 5.51. The van der Waals surface area contributed by atoms with E-state index in [1.807, 2.05) is 0 Å². The summed E-state index contributed by atoms with van der Waals surface area (Å²) < 4.78 is 5.51. The van der Waals surface area contributed by atoms with Gasteiger partial charge in [0.05, 0.1) is 6.10 Å². The third-order valence-electron chi connectivity index (χ3n) is 3.81. The summed E-state index contributed by atoms with van der Waals surface area (Å²) in [5.41, 5.74) is 0. The molecule has 1 aliphatic rings. The topological polar surface area (TPSA) is 27.7 Å². The van der Waals surface area contributed by atoms with Crippen LogP contribution in [0.4, 0.5) is 0 Å². The van der Waals surface area contributed by atoms with Gasteiger partial charge in [-0.3, -0.25) is 0 Å². The second kappa shape index (κ2) is 9.70. The molecule has 1 rings (SSSR count). The molecule has 1 fully saturated rings. The molecule has 0 saturated carbocycles. The van der Waals surface area contributed by atoms with Crippen molar-refractivity contribution in [2.24, 2.45) is 0 Å². The zero-order valence-corrected chi connectivity index (χ0v) is 13.3. The first-order valence-electron chi connectivity index (χ1n) is 7.80. The Morgan fingerprint density at radius 2 is 2.16 bits per heavy atom. The summed E-state index contributed by atoms with van der Waals surface area (Å²) in [5, 5.41) is 3.49. The van der Waals surface area contributed by atoms with Gasteiger partial charge in [0.15, 0.2) is 0 Å². The molecule has 19 heavy (non-hydrogen) atoms. The number of rotatable bonds is 10. The standard InChI is InChI=1S/C15H33N3O/c1-14(2)19-12-6-8-16-9-11-17(3)13-15-7-5-10-18(15)4/h14-16H,5-13H2,1-4H3. The summed E-state index contributed by atoms with van der Waals surface area (Å²) in [7, 11) is 4.48. The molecular formula is C15H33N3O. The molecule has 0 aromatic heterocycles. The Morgan fingerprint density at radius 3 is 2.79 bits per heavy atom. The summed E-state index contributed by atoms with van der Waals surface area (Å²) in [6, 6.07) is 0.768. The summed E-state index contributed by atoms with van der Waals surface area (Å²) >= 11 is 0. The first-order chi connectivity index (χ1) is 9.09. The molecule has 4 nitrogen and oxygen atoms in total. The Bertz CT molecular complexity index is 223. The Hall–Kier alpha value is -0.160. The van der Waals surface area contributed by atoms with Crippen LogP contribution in [-0.4, -0.2) is 75.4 Å². The molecule has 0 aromatic rings. The molecule has 114 valence electrons. The molecule has 1 saturated heterocycles. The summed E-state index contributed by atoms with van der Waals surface area (Å²) in [4.78, 5) is 4.94. The average Bonchev–Trinajstić information content (AvgIpc) is 2.73. The number of hydrogen-bond donors (Lipinski definition) is 1. The number of likely N-dealkylation sites (N-methyl/N-ethyl adjacent to an activating group) is 2. The maximum Gasteiger partial charge on any atom is 0.0518 e. The van der Waals surface area contributed by atoms with Gasteiger partial charge in [0.25, 0.3) is 0 Å². The molecule has 0 spiro atoms. The van der Waals surface area contributed by atoms with Gasteiger partial charge in [-0.15, -0.1) is 0 Å². The minimum atomic E-state index is 0.356. The molecule has 0 aromatic carbocycles. The van der Waals surface area contributed by atoms with Crippen molar-refractivity contribution in [2.45, 2.75) is 45.3 Å². The van der Waals surface area contributed by atoms with Crippen LogP contribution in [0.5, 0.6) is 0 Å². The summed E-state index contributed by atoms with van der Waals surface area (Å²) in [5.74, 6) is 0. The highest BCUT2D eigenvalue weighted by Gasteiger charge is 2.21. The van der Waals surface area contributed by atoms with Crippen LogP contribution < -0.4 is 5.32 Å². The normalized spacial score (nSPS) is 20.8. The van der Waals surface area contributed by atoms with Crippen molar-refractivity contribution in [3.8, 4) is 0 Å². The molecule has 1 atom stereocenters. The van der Waals surface area contributed by atoms with Gasteiger partial charge in [0, 0.05) is 32.3 Å². The highest BCUT2D eigenvalue weighted by atomic mass is 16.5. The fourth-order valence-electron chi connectivity index (χ4n) is 2.57. The third kappa shape index (κ3) is 7.88. The molecule has 1 N–H and O–H groups in total. The van der Waals surface area contributed by atoms with Crippen molar-refractivity contribution in [3.05, 3.63) is 0 Å². The molecule has 0 bridgehead atoms. The first-order valence-corrected chi connectivity index (χ1v) is 7.80. The van der Waals surface area contributed by atoms with Crippen LogP contribution in [0.1, 0.15) is 33.1 Å². The lowest BCUT2D eigenvalue weighted by atomic mass is 10.2. The minimum Gasteiger partial charge on any atom is -0.379 e. The van der Waals surface area contributed by atoms with E-state index in [9.17, 15) is 0 Å². The highest BCUT2D eigenvalue weighted by Crippen LogP contribution is 2.14. The van der Waals surface area contributed by atoms with Crippen LogP contribution in [0, 0.1) is 0 Å². The molecule has 0 radical (unpaired) electrons. The Labute approximate surface area is 119 Å². The molecule has 1 aliphatic heterocycles. The smallest absolute Gasteiger partial charge is 0.0518 e. The quantitative estimate of drug-likeness (QED) is 0.608. The number of nitrogens with one attached hydrogen (secondary N) is 1. The van der Waals surface area contributed by atoms with Crippen LogP contribution in [0.25, 0.3) is 0 Å². The van der Waals surface area contributed by atoms with Gasteiger partial charge in [0.2, 0.25) is 0 Å². The zero-order chi connectivity index (χ0) is 14.1. The average molecular weight is 271 g/mol. The van der Waals surface area contributed by atoms with Crippen molar-refractivity contribution in [3.63, 3.8) is 0 Å². The van der Waals surface area contributed by atoms with Gasteiger partial charge in [-0.25, -0.2) is 0 Å². The predicted octanol–water partition coefficient (Wildman–Crippen LogP) is 1.42. The molecule has 0 amide bonds. The fourth-order valence-corrected chi connectivity index (χ4v) is 2.57. The van der Waals surface area contributed by atoms with E-state index in [0.29, 0.717) is 6.10 Å². The molecule has 1 unspecified atom stereocenters. The van der Waals surface area contributed by atoms with Crippen LogP contribution in [-0.2, 0) is 4.74 Å². The number of likely N-dealkylation sites (tertiary alicyclic amines) is 1. The predicted molar refractivity (Wildman–Crippen MR) is 81.7 cm³/mol. The SMILES string of the molecule is CC(C)OCCCNCCN(C)CC1CCCN1C. The fraction of sp³-hybridized carbons (Fsp3) is 1.00. The van der Waals surface area contributed by atoms with Crippen molar-refractivity contribution >= 4 is 0 Å². The van der Waals surface area contributed by atoms with Crippen molar-refractivity contribution in [2.75, 3.05) is 53.4 Å². The summed E-state index contributed by atoms with van der Waals surface area (Å²) in [6.07, 6.45) is 4.19. The summed E-state index contributed by atoms with van der Waals surface area (Å²) in [6.45, 7) is 10.8. The molecule has 4 heteroatoms. The van der Waals surface area contributed by atoms with Crippen LogP contribution in [0.3, 0.4) is 0 Å². The second-order valence-corrected chi connectivity index (χ2v) is 6.06. The second-order valence-electron chi connectivity index (χ2n) is 6.06. The molecule has 0 aliphatic carbocycles. The van der Waals surface area contributed by atoms with E-state index in [1.165, 1.54) is 25.9 Å². The van der Waals surface area contributed by atoms with Crippen molar-refractivity contribution in [1.82, 2.24) is 15.1 Å². The van der Waals surface area contributed by atoms with Gasteiger partial charge in [-0.1, -0.05) is 0 Å². The van der Waals surface area contributed by atoms with E-state index < -0.39 is 0 Å². The van der Waals surface area contributed by atoms with E-state index in [4.69, 9.17) is 4.74 Å². The Balaban J connectivity index is 1.91. The van der Waals surface area contributed by atoms with E-state index in [0.717, 1.165) is 38.7 Å². The number of nitrogens with zero attached hydrogens (tertiary/aromatic N) is 2. The lowest BCUT2D eigenvalue weighted by Gasteiger charge is -2.25. The molecule has 1 heterocycles. The lowest BCUT2D eigenvalue weighted by Crippen LogP contribution is -2.39. The van der Waals surface area contributed by atoms with Crippen molar-refractivity contribution in [1.29, 1.82) is 0 Å². The maximum atomic E-state index is 5.51. The van der Waals surface area contributed by atoms with Gasteiger partial charge >= 0.3 is 0 Å². The van der Waals surface area contributed by atoms with E-state index in [-0.39, 0.29) is 0 Å². The number of hydrogen-bond acceptors (Lipinski definition) is 4. The van der Waals surface area contributed by atoms with Crippen LogP contribution in [0.15, 0.2) is 0 Å². The van der Waals surface area contributed by atoms with Gasteiger partial charge < -0.3 is 19.9 Å². The number of ether oxygens (including phenoxy) is 1. The minimum absolute atomic E-state index is 0.356. The van der Waals surface area contributed by atoms with E-state index >= 15 is 0 Å². The molecular weight excluding hydrogens is 238 g/mol. The third-order valence-corrected chi connectivity index (χ3v) is 3.81. The van der Waals surface area contributed by atoms with E-state index in [1.54, 1.807) is 0 Å². The van der Waals surface area contributed by atoms with E-state index in [2.05, 4.69) is 43.1 Å². The first kappa shape index (κ1) is 16.9. The Morgan fingerprint density at radius 1 is 1.37 bits per heavy atom. The lowest BCUT2D eigenvalue weighted by molar-refractivity contribution is 0.0770. The van der Waals surface area contributed by atoms with Gasteiger partial charge in [0.1, 0.15) is 0 Å². The highest BCUT2D eigenvalue weighted by molar-refractivity contribution is 4.78. The largest absolute Gasteiger partial charge is 0.379 e. The van der Waals surface area contributed by atoms with Crippen molar-refractivity contribution < 1.29 is 4.74 Å². The zero-order valence-electron chi connectivity index (χ0n) is 13.3.